The minimum Gasteiger partial charge on any atom is -0.442 e. The zero-order chi connectivity index (χ0) is 10.7. The highest BCUT2D eigenvalue weighted by molar-refractivity contribution is 5.70. The third kappa shape index (κ3) is 2.62. The Balaban J connectivity index is 1.84. The van der Waals surface area contributed by atoms with Crippen LogP contribution >= 0.6 is 0 Å². The van der Waals surface area contributed by atoms with Crippen molar-refractivity contribution < 1.29 is 14.6 Å². The summed E-state index contributed by atoms with van der Waals surface area (Å²) in [5, 5.41) is 11.8. The van der Waals surface area contributed by atoms with E-state index < -0.39 is 0 Å². The van der Waals surface area contributed by atoms with Gasteiger partial charge in [-0.25, -0.2) is 4.79 Å². The number of hydrogen-bond acceptors (Lipinski definition) is 3. The molecule has 1 saturated carbocycles. The lowest BCUT2D eigenvalue weighted by Gasteiger charge is -2.25. The van der Waals surface area contributed by atoms with Crippen LogP contribution in [0.2, 0.25) is 0 Å². The van der Waals surface area contributed by atoms with E-state index in [2.05, 4.69) is 5.32 Å². The van der Waals surface area contributed by atoms with E-state index in [9.17, 15) is 4.79 Å². The molecule has 1 saturated heterocycles. The van der Waals surface area contributed by atoms with Gasteiger partial charge in [0.15, 0.2) is 0 Å². The molecule has 1 aliphatic heterocycles. The van der Waals surface area contributed by atoms with Crippen molar-refractivity contribution in [1.82, 2.24) is 5.32 Å². The van der Waals surface area contributed by atoms with Crippen molar-refractivity contribution >= 4 is 6.09 Å². The number of alkyl carbamates (subject to hydrolysis) is 1. The number of ether oxygens (including phenoxy) is 1. The van der Waals surface area contributed by atoms with Gasteiger partial charge in [0.2, 0.25) is 0 Å². The van der Waals surface area contributed by atoms with Gasteiger partial charge in [-0.1, -0.05) is 32.1 Å². The molecule has 0 radical (unpaired) electrons. The van der Waals surface area contributed by atoms with Crippen molar-refractivity contribution in [2.75, 3.05) is 6.61 Å². The molecule has 4 nitrogen and oxygen atoms in total. The highest BCUT2D eigenvalue weighted by atomic mass is 16.6. The maximum absolute atomic E-state index is 11.0. The van der Waals surface area contributed by atoms with Crippen LogP contribution in [0.5, 0.6) is 0 Å². The van der Waals surface area contributed by atoms with E-state index in [0.29, 0.717) is 5.92 Å². The smallest absolute Gasteiger partial charge is 0.407 e. The molecule has 0 bridgehead atoms. The maximum Gasteiger partial charge on any atom is 0.407 e. The van der Waals surface area contributed by atoms with Crippen LogP contribution in [0.15, 0.2) is 0 Å². The third-order valence-corrected chi connectivity index (χ3v) is 3.50. The molecular formula is C11H19NO3. The van der Waals surface area contributed by atoms with Crippen LogP contribution < -0.4 is 5.32 Å². The fourth-order valence-corrected chi connectivity index (χ4v) is 2.66. The lowest BCUT2D eigenvalue weighted by Crippen LogP contribution is -2.35. The van der Waals surface area contributed by atoms with Crippen LogP contribution in [-0.4, -0.2) is 30.0 Å². The zero-order valence-electron chi connectivity index (χ0n) is 8.95. The Hall–Kier alpha value is -0.770. The number of hydrogen-bond donors (Lipinski definition) is 2. The Bertz CT molecular complexity index is 226. The lowest BCUT2D eigenvalue weighted by molar-refractivity contribution is 0.0774. The highest BCUT2D eigenvalue weighted by Crippen LogP contribution is 2.29. The van der Waals surface area contributed by atoms with Gasteiger partial charge in [0.25, 0.3) is 0 Å². The number of aliphatic hydroxyl groups excluding tert-OH is 1. The summed E-state index contributed by atoms with van der Waals surface area (Å²) in [5.41, 5.74) is 0. The fourth-order valence-electron chi connectivity index (χ4n) is 2.66. The second-order valence-electron chi connectivity index (χ2n) is 4.62. The quantitative estimate of drug-likeness (QED) is 0.745. The summed E-state index contributed by atoms with van der Waals surface area (Å²) >= 11 is 0. The first-order valence-corrected chi connectivity index (χ1v) is 5.87. The zero-order valence-corrected chi connectivity index (χ0v) is 8.95. The van der Waals surface area contributed by atoms with Gasteiger partial charge in [0, 0.05) is 0 Å². The second kappa shape index (κ2) is 4.84. The monoisotopic (exact) mass is 213 g/mol. The number of amides is 1. The number of cyclic esters (lactones) is 1. The Morgan fingerprint density at radius 2 is 2.07 bits per heavy atom. The molecule has 0 aromatic heterocycles. The van der Waals surface area contributed by atoms with Crippen LogP contribution in [0.1, 0.15) is 38.5 Å². The molecule has 2 aliphatic rings. The summed E-state index contributed by atoms with van der Waals surface area (Å²) in [6.45, 7) is -0.0733. The van der Waals surface area contributed by atoms with Crippen LogP contribution in [0.4, 0.5) is 4.79 Å². The van der Waals surface area contributed by atoms with E-state index in [1.54, 1.807) is 0 Å². The molecule has 1 heterocycles. The van der Waals surface area contributed by atoms with Crippen LogP contribution in [0.25, 0.3) is 0 Å². The van der Waals surface area contributed by atoms with E-state index in [1.165, 1.54) is 32.1 Å². The number of carbonyl (C=O) groups excluding carboxylic acids is 1. The Morgan fingerprint density at radius 3 is 2.73 bits per heavy atom. The highest BCUT2D eigenvalue weighted by Gasteiger charge is 2.35. The van der Waals surface area contributed by atoms with Crippen molar-refractivity contribution in [3.8, 4) is 0 Å². The average molecular weight is 213 g/mol. The Kier molecular flexibility index (Phi) is 3.46. The molecule has 0 spiro atoms. The average Bonchev–Trinajstić information content (AvgIpc) is 2.60. The molecule has 15 heavy (non-hydrogen) atoms. The summed E-state index contributed by atoms with van der Waals surface area (Å²) < 4.78 is 4.96. The minimum absolute atomic E-state index is 0.0191. The second-order valence-corrected chi connectivity index (χ2v) is 4.62. The molecular weight excluding hydrogens is 194 g/mol. The van der Waals surface area contributed by atoms with Crippen molar-refractivity contribution in [1.29, 1.82) is 0 Å². The van der Waals surface area contributed by atoms with Gasteiger partial charge in [-0.2, -0.15) is 0 Å². The van der Waals surface area contributed by atoms with Gasteiger partial charge in [0.1, 0.15) is 6.10 Å². The van der Waals surface area contributed by atoms with Gasteiger partial charge in [0.05, 0.1) is 12.6 Å². The van der Waals surface area contributed by atoms with Crippen molar-refractivity contribution in [2.24, 2.45) is 5.92 Å². The number of rotatable bonds is 3. The van der Waals surface area contributed by atoms with Gasteiger partial charge in [-0.3, -0.25) is 0 Å². The topological polar surface area (TPSA) is 58.6 Å². The minimum atomic E-state index is -0.380. The lowest BCUT2D eigenvalue weighted by atomic mass is 9.84. The fraction of sp³-hybridized carbons (Fsp3) is 0.909. The summed E-state index contributed by atoms with van der Waals surface area (Å²) in [6.07, 6.45) is 6.69. The molecule has 0 aromatic carbocycles. The number of nitrogens with one attached hydrogen (secondary N) is 1. The van der Waals surface area contributed by atoms with Gasteiger partial charge < -0.3 is 15.2 Å². The van der Waals surface area contributed by atoms with E-state index >= 15 is 0 Å². The normalized spacial score (nSPS) is 32.5. The predicted molar refractivity (Wildman–Crippen MR) is 55.5 cm³/mol. The van der Waals surface area contributed by atoms with Crippen molar-refractivity contribution in [2.45, 2.75) is 50.7 Å². The van der Waals surface area contributed by atoms with E-state index in [-0.39, 0.29) is 24.8 Å². The molecule has 1 amide bonds. The standard InChI is InChI=1S/C11H19NO3/c13-7-10-9(12-11(14)15-10)6-8-4-2-1-3-5-8/h8-10,13H,1-7H2,(H,12,14)/t9-,10-/m0/s1. The van der Waals surface area contributed by atoms with Gasteiger partial charge in [-0.05, 0) is 12.3 Å². The first-order chi connectivity index (χ1) is 7.29. The molecule has 1 aliphatic carbocycles. The van der Waals surface area contributed by atoms with E-state index in [0.717, 1.165) is 6.42 Å². The molecule has 86 valence electrons. The molecule has 4 heteroatoms. The van der Waals surface area contributed by atoms with Crippen molar-refractivity contribution in [3.05, 3.63) is 0 Å². The Labute approximate surface area is 90.0 Å². The molecule has 2 rings (SSSR count). The predicted octanol–water partition coefficient (Wildman–Crippen LogP) is 1.43. The summed E-state index contributed by atoms with van der Waals surface area (Å²) in [6, 6.07) is 0.0191. The van der Waals surface area contributed by atoms with Crippen LogP contribution in [-0.2, 0) is 4.74 Å². The molecule has 2 atom stereocenters. The van der Waals surface area contributed by atoms with Gasteiger partial charge >= 0.3 is 6.09 Å². The molecule has 2 fully saturated rings. The summed E-state index contributed by atoms with van der Waals surface area (Å²) in [5.74, 6) is 0.694. The molecule has 0 aromatic rings. The first kappa shape index (κ1) is 10.7. The maximum atomic E-state index is 11.0. The van der Waals surface area contributed by atoms with Crippen LogP contribution in [0, 0.1) is 5.92 Å². The third-order valence-electron chi connectivity index (χ3n) is 3.50. The molecule has 0 unspecified atom stereocenters. The Morgan fingerprint density at radius 1 is 1.33 bits per heavy atom. The van der Waals surface area contributed by atoms with E-state index in [1.807, 2.05) is 0 Å². The largest absolute Gasteiger partial charge is 0.442 e. The SMILES string of the molecule is O=C1N[C@@H](CC2CCCCC2)[C@H](CO)O1. The van der Waals surface area contributed by atoms with E-state index in [4.69, 9.17) is 9.84 Å². The number of carbonyl (C=O) groups is 1. The summed E-state index contributed by atoms with van der Waals surface area (Å²) in [4.78, 5) is 11.0. The van der Waals surface area contributed by atoms with Crippen LogP contribution in [0.3, 0.4) is 0 Å². The summed E-state index contributed by atoms with van der Waals surface area (Å²) in [7, 11) is 0. The number of aliphatic hydroxyl groups is 1. The first-order valence-electron chi connectivity index (χ1n) is 5.87. The molecule has 2 N–H and O–H groups in total. The van der Waals surface area contributed by atoms with Crippen molar-refractivity contribution in [3.63, 3.8) is 0 Å². The van der Waals surface area contributed by atoms with Gasteiger partial charge in [-0.15, -0.1) is 0 Å².